The van der Waals surface area contributed by atoms with Gasteiger partial charge in [-0.3, -0.25) is 25.2 Å². The van der Waals surface area contributed by atoms with E-state index in [-0.39, 0.29) is 35.9 Å². The molecule has 1 fully saturated rings. The summed E-state index contributed by atoms with van der Waals surface area (Å²) in [6, 6.07) is 5.98. The number of nitrogens with one attached hydrogen (secondary N) is 2. The van der Waals surface area contributed by atoms with Gasteiger partial charge < -0.3 is 4.90 Å². The number of thiazole rings is 1. The highest BCUT2D eigenvalue weighted by atomic mass is 32.1. The van der Waals surface area contributed by atoms with Crippen molar-refractivity contribution in [2.24, 2.45) is 5.92 Å². The first-order chi connectivity index (χ1) is 13.4. The first kappa shape index (κ1) is 19.9. The van der Waals surface area contributed by atoms with Crippen LogP contribution in [-0.2, 0) is 20.8 Å². The molecule has 148 valence electrons. The van der Waals surface area contributed by atoms with Crippen molar-refractivity contribution in [2.75, 3.05) is 13.1 Å². The van der Waals surface area contributed by atoms with Crippen LogP contribution in [0.5, 0.6) is 0 Å². The van der Waals surface area contributed by atoms with E-state index in [0.717, 1.165) is 12.0 Å². The first-order valence-electron chi connectivity index (χ1n) is 8.97. The van der Waals surface area contributed by atoms with Gasteiger partial charge in [-0.1, -0.05) is 0 Å². The fourth-order valence-electron chi connectivity index (χ4n) is 3.03. The zero-order valence-corrected chi connectivity index (χ0v) is 16.2. The number of benzene rings is 1. The van der Waals surface area contributed by atoms with Gasteiger partial charge in [0.25, 0.3) is 0 Å². The van der Waals surface area contributed by atoms with Crippen LogP contribution in [0.3, 0.4) is 0 Å². The van der Waals surface area contributed by atoms with Gasteiger partial charge in [0.2, 0.25) is 17.7 Å². The lowest BCUT2D eigenvalue weighted by Crippen LogP contribution is -2.50. The van der Waals surface area contributed by atoms with E-state index >= 15 is 0 Å². The lowest BCUT2D eigenvalue weighted by Gasteiger charge is -2.31. The van der Waals surface area contributed by atoms with Gasteiger partial charge in [0.1, 0.15) is 10.8 Å². The summed E-state index contributed by atoms with van der Waals surface area (Å²) in [7, 11) is 0. The Bertz CT molecular complexity index is 868. The van der Waals surface area contributed by atoms with Crippen molar-refractivity contribution in [3.05, 3.63) is 41.2 Å². The van der Waals surface area contributed by atoms with Gasteiger partial charge in [0, 0.05) is 31.0 Å². The number of carbonyl (C=O) groups is 3. The molecular formula is C19H21FN4O3S. The molecule has 7 nitrogen and oxygen atoms in total. The molecule has 1 aromatic heterocycles. The molecule has 1 aliphatic heterocycles. The van der Waals surface area contributed by atoms with E-state index in [0.29, 0.717) is 30.2 Å². The average molecular weight is 404 g/mol. The van der Waals surface area contributed by atoms with E-state index < -0.39 is 0 Å². The maximum absolute atomic E-state index is 13.0. The number of hydrazine groups is 1. The number of hydrogen-bond acceptors (Lipinski definition) is 5. The highest BCUT2D eigenvalue weighted by Gasteiger charge is 2.27. The summed E-state index contributed by atoms with van der Waals surface area (Å²) in [4.78, 5) is 41.8. The zero-order chi connectivity index (χ0) is 20.1. The smallest absolute Gasteiger partial charge is 0.244 e. The second-order valence-electron chi connectivity index (χ2n) is 6.67. The van der Waals surface area contributed by atoms with Gasteiger partial charge in [-0.05, 0) is 37.1 Å². The van der Waals surface area contributed by atoms with Gasteiger partial charge >= 0.3 is 0 Å². The summed E-state index contributed by atoms with van der Waals surface area (Å²) in [5, 5.41) is 2.45. The number of amides is 3. The average Bonchev–Trinajstić information content (AvgIpc) is 3.15. The minimum Gasteiger partial charge on any atom is -0.342 e. The van der Waals surface area contributed by atoms with Gasteiger partial charge in [-0.15, -0.1) is 11.3 Å². The minimum absolute atomic E-state index is 0.0161. The van der Waals surface area contributed by atoms with E-state index in [1.165, 1.54) is 30.4 Å². The molecule has 0 radical (unpaired) electrons. The maximum atomic E-state index is 13.0. The lowest BCUT2D eigenvalue weighted by atomic mass is 9.97. The summed E-state index contributed by atoms with van der Waals surface area (Å²) in [5.74, 6) is -1.39. The van der Waals surface area contributed by atoms with E-state index in [1.807, 2.05) is 0 Å². The van der Waals surface area contributed by atoms with Crippen LogP contribution < -0.4 is 10.9 Å². The normalized spacial score (nSPS) is 16.5. The van der Waals surface area contributed by atoms with Crippen molar-refractivity contribution < 1.29 is 18.8 Å². The monoisotopic (exact) mass is 404 g/mol. The maximum Gasteiger partial charge on any atom is 0.244 e. The molecule has 0 unspecified atom stereocenters. The first-order valence-corrected chi connectivity index (χ1v) is 9.85. The fraction of sp³-hybridized carbons (Fsp3) is 0.368. The number of rotatable bonds is 4. The van der Waals surface area contributed by atoms with Crippen LogP contribution in [0, 0.1) is 11.7 Å². The number of hydrogen-bond donors (Lipinski definition) is 2. The highest BCUT2D eigenvalue weighted by Crippen LogP contribution is 2.24. The number of likely N-dealkylation sites (tertiary alicyclic amines) is 1. The number of aromatic nitrogens is 1. The van der Waals surface area contributed by atoms with Crippen molar-refractivity contribution in [2.45, 2.75) is 26.2 Å². The molecule has 2 heterocycles. The Labute approximate surface area is 165 Å². The topological polar surface area (TPSA) is 91.4 Å². The van der Waals surface area contributed by atoms with Crippen LogP contribution >= 0.6 is 11.3 Å². The Morgan fingerprint density at radius 3 is 2.71 bits per heavy atom. The zero-order valence-electron chi connectivity index (χ0n) is 15.4. The van der Waals surface area contributed by atoms with Crippen LogP contribution in [0.1, 0.15) is 25.5 Å². The van der Waals surface area contributed by atoms with Gasteiger partial charge in [-0.25, -0.2) is 9.37 Å². The molecule has 0 bridgehead atoms. The van der Waals surface area contributed by atoms with E-state index in [9.17, 15) is 18.8 Å². The summed E-state index contributed by atoms with van der Waals surface area (Å²) < 4.78 is 13.0. The van der Waals surface area contributed by atoms with E-state index in [2.05, 4.69) is 15.8 Å². The molecule has 3 rings (SSSR count). The Kier molecular flexibility index (Phi) is 6.35. The summed E-state index contributed by atoms with van der Waals surface area (Å²) in [6.07, 6.45) is 1.46. The lowest BCUT2D eigenvalue weighted by molar-refractivity contribution is -0.136. The van der Waals surface area contributed by atoms with Crippen molar-refractivity contribution in [3.63, 3.8) is 0 Å². The largest absolute Gasteiger partial charge is 0.342 e. The van der Waals surface area contributed by atoms with Crippen molar-refractivity contribution in [1.29, 1.82) is 0 Å². The van der Waals surface area contributed by atoms with Gasteiger partial charge in [-0.2, -0.15) is 0 Å². The standard InChI is InChI=1S/C19H21FN4O3S/c1-12(25)24-8-2-3-14(10-24)18(27)23-22-17(26)9-16-11-28-19(21-16)13-4-6-15(20)7-5-13/h4-7,11,14H,2-3,8-10H2,1H3,(H,22,26)(H,23,27)/t14-/m1/s1. The Morgan fingerprint density at radius 2 is 2.00 bits per heavy atom. The SMILES string of the molecule is CC(=O)N1CCC[C@@H](C(=O)NNC(=O)Cc2csc(-c3ccc(F)cc3)n2)C1. The highest BCUT2D eigenvalue weighted by molar-refractivity contribution is 7.13. The summed E-state index contributed by atoms with van der Waals surface area (Å²) >= 11 is 1.36. The molecule has 28 heavy (non-hydrogen) atoms. The third-order valence-electron chi connectivity index (χ3n) is 4.55. The summed E-state index contributed by atoms with van der Waals surface area (Å²) in [6.45, 7) is 2.51. The fourth-order valence-corrected chi connectivity index (χ4v) is 3.86. The second-order valence-corrected chi connectivity index (χ2v) is 7.53. The van der Waals surface area contributed by atoms with Crippen molar-refractivity contribution in [1.82, 2.24) is 20.7 Å². The Hall–Kier alpha value is -2.81. The quantitative estimate of drug-likeness (QED) is 0.762. The molecular weight excluding hydrogens is 383 g/mol. The Balaban J connectivity index is 1.48. The number of piperidine rings is 1. The van der Waals surface area contributed by atoms with Crippen LogP contribution in [0.2, 0.25) is 0 Å². The molecule has 2 N–H and O–H groups in total. The predicted octanol–water partition coefficient (Wildman–Crippen LogP) is 1.90. The molecule has 1 atom stereocenters. The van der Waals surface area contributed by atoms with Crippen LogP contribution in [0.25, 0.3) is 10.6 Å². The molecule has 0 saturated carbocycles. The number of nitrogens with zero attached hydrogens (tertiary/aromatic N) is 2. The van der Waals surface area contributed by atoms with Crippen LogP contribution in [-0.4, -0.2) is 40.7 Å². The summed E-state index contributed by atoms with van der Waals surface area (Å²) in [5.41, 5.74) is 6.18. The predicted molar refractivity (Wildman–Crippen MR) is 102 cm³/mol. The van der Waals surface area contributed by atoms with E-state index in [1.54, 1.807) is 22.4 Å². The van der Waals surface area contributed by atoms with Gasteiger partial charge in [0.05, 0.1) is 18.0 Å². The molecule has 0 aliphatic carbocycles. The molecule has 2 aromatic rings. The van der Waals surface area contributed by atoms with Crippen molar-refractivity contribution >= 4 is 29.1 Å². The molecule has 0 spiro atoms. The van der Waals surface area contributed by atoms with Crippen LogP contribution in [0.4, 0.5) is 4.39 Å². The molecule has 1 aromatic carbocycles. The minimum atomic E-state index is -0.386. The Morgan fingerprint density at radius 1 is 1.25 bits per heavy atom. The van der Waals surface area contributed by atoms with E-state index in [4.69, 9.17) is 0 Å². The molecule has 9 heteroatoms. The molecule has 1 aliphatic rings. The number of halogens is 1. The molecule has 1 saturated heterocycles. The van der Waals surface area contributed by atoms with Crippen molar-refractivity contribution in [3.8, 4) is 10.6 Å². The van der Waals surface area contributed by atoms with Crippen LogP contribution in [0.15, 0.2) is 29.6 Å². The molecule has 3 amide bonds. The number of carbonyl (C=O) groups excluding carboxylic acids is 3. The third kappa shape index (κ3) is 5.13. The third-order valence-corrected chi connectivity index (χ3v) is 5.49. The second kappa shape index (κ2) is 8.92. The van der Waals surface area contributed by atoms with Gasteiger partial charge in [0.15, 0.2) is 0 Å².